The van der Waals surface area contributed by atoms with Gasteiger partial charge in [0.1, 0.15) is 0 Å². The van der Waals surface area contributed by atoms with Gasteiger partial charge in [0, 0.05) is 0 Å². The molecule has 0 atom stereocenters. The average Bonchev–Trinajstić information content (AvgIpc) is 2.53. The summed E-state index contributed by atoms with van der Waals surface area (Å²) in [6.45, 7) is 3.61. The maximum absolute atomic E-state index is 11.4. The topological polar surface area (TPSA) is 83.5 Å². The third-order valence-corrected chi connectivity index (χ3v) is 2.44. The van der Waals surface area contributed by atoms with Crippen LogP contribution in [-0.2, 0) is 6.42 Å². The lowest BCUT2D eigenvalue weighted by atomic mass is 9.97. The number of aromatic carboxylic acids is 1. The summed E-state index contributed by atoms with van der Waals surface area (Å²) >= 11 is 0. The Balaban J connectivity index is 2.72. The Labute approximate surface area is 91.1 Å². The molecule has 0 aromatic heterocycles. The highest BCUT2D eigenvalue weighted by Gasteiger charge is 2.30. The molecule has 1 aromatic rings. The number of nitrogens with one attached hydrogen (secondary N) is 1. The highest BCUT2D eigenvalue weighted by atomic mass is 16.4. The van der Waals surface area contributed by atoms with Gasteiger partial charge in [-0.2, -0.15) is 0 Å². The number of carboxylic acids is 1. The molecular formula is C11H8NO4. The van der Waals surface area contributed by atoms with E-state index in [2.05, 4.69) is 12.2 Å². The molecule has 1 aliphatic rings. The summed E-state index contributed by atoms with van der Waals surface area (Å²) in [4.78, 5) is 33.6. The molecule has 0 aliphatic carbocycles. The van der Waals surface area contributed by atoms with Gasteiger partial charge in [-0.25, -0.2) is 4.79 Å². The van der Waals surface area contributed by atoms with Crippen molar-refractivity contribution in [3.63, 3.8) is 0 Å². The van der Waals surface area contributed by atoms with Crippen molar-refractivity contribution in [2.45, 2.75) is 6.42 Å². The Morgan fingerprint density at radius 2 is 2.00 bits per heavy atom. The van der Waals surface area contributed by atoms with Crippen molar-refractivity contribution in [1.82, 2.24) is 5.32 Å². The molecule has 1 aromatic carbocycles. The number of amides is 2. The van der Waals surface area contributed by atoms with Crippen molar-refractivity contribution in [1.29, 1.82) is 0 Å². The summed E-state index contributed by atoms with van der Waals surface area (Å²) in [7, 11) is 0. The van der Waals surface area contributed by atoms with Gasteiger partial charge in [-0.3, -0.25) is 14.9 Å². The fourth-order valence-corrected chi connectivity index (χ4v) is 1.70. The lowest BCUT2D eigenvalue weighted by molar-refractivity contribution is 0.0696. The van der Waals surface area contributed by atoms with Gasteiger partial charge in [-0.15, -0.1) is 0 Å². The Bertz CT molecular complexity index is 519. The van der Waals surface area contributed by atoms with Crippen molar-refractivity contribution in [2.24, 2.45) is 0 Å². The molecule has 1 radical (unpaired) electrons. The number of rotatable bonds is 2. The minimum Gasteiger partial charge on any atom is -0.478 e. The van der Waals surface area contributed by atoms with Crippen LogP contribution in [0.1, 0.15) is 36.6 Å². The van der Waals surface area contributed by atoms with E-state index in [-0.39, 0.29) is 23.1 Å². The molecule has 2 rings (SSSR count). The van der Waals surface area contributed by atoms with Crippen molar-refractivity contribution in [3.05, 3.63) is 41.3 Å². The van der Waals surface area contributed by atoms with Crippen LogP contribution in [0.3, 0.4) is 0 Å². The first kappa shape index (κ1) is 10.4. The second-order valence-electron chi connectivity index (χ2n) is 3.40. The summed E-state index contributed by atoms with van der Waals surface area (Å²) in [6, 6.07) is 2.57. The zero-order valence-corrected chi connectivity index (χ0v) is 8.24. The molecule has 1 heterocycles. The number of carbonyl (C=O) groups excluding carboxylic acids is 2. The van der Waals surface area contributed by atoms with Gasteiger partial charge in [0.2, 0.25) is 0 Å². The SMILES string of the molecule is [CH2]Cc1cc(C(=O)O)cc2c1C(=O)NC2=O. The van der Waals surface area contributed by atoms with Crippen LogP contribution in [0.4, 0.5) is 0 Å². The fourth-order valence-electron chi connectivity index (χ4n) is 1.70. The summed E-state index contributed by atoms with van der Waals surface area (Å²) in [6.07, 6.45) is 0.254. The molecule has 0 saturated carbocycles. The Hall–Kier alpha value is -2.17. The van der Waals surface area contributed by atoms with Crippen LogP contribution in [0.25, 0.3) is 0 Å². The second-order valence-corrected chi connectivity index (χ2v) is 3.40. The first-order chi connectivity index (χ1) is 7.54. The molecule has 0 saturated heterocycles. The van der Waals surface area contributed by atoms with Gasteiger partial charge in [-0.1, -0.05) is 0 Å². The maximum Gasteiger partial charge on any atom is 0.335 e. The van der Waals surface area contributed by atoms with E-state index in [0.717, 1.165) is 0 Å². The van der Waals surface area contributed by atoms with E-state index in [9.17, 15) is 14.4 Å². The van der Waals surface area contributed by atoms with Crippen LogP contribution in [-0.4, -0.2) is 22.9 Å². The minimum atomic E-state index is -1.13. The quantitative estimate of drug-likeness (QED) is 0.713. The summed E-state index contributed by atoms with van der Waals surface area (Å²) in [5.41, 5.74) is 0.814. The lowest BCUT2D eigenvalue weighted by Gasteiger charge is -2.04. The van der Waals surface area contributed by atoms with E-state index >= 15 is 0 Å². The van der Waals surface area contributed by atoms with E-state index in [0.29, 0.717) is 5.56 Å². The monoisotopic (exact) mass is 218 g/mol. The van der Waals surface area contributed by atoms with Crippen molar-refractivity contribution in [2.75, 3.05) is 0 Å². The van der Waals surface area contributed by atoms with E-state index in [4.69, 9.17) is 5.11 Å². The average molecular weight is 218 g/mol. The largest absolute Gasteiger partial charge is 0.478 e. The number of benzene rings is 1. The summed E-state index contributed by atoms with van der Waals surface area (Å²) in [5.74, 6) is -2.18. The maximum atomic E-state index is 11.4. The van der Waals surface area contributed by atoms with Crippen LogP contribution < -0.4 is 5.32 Å². The van der Waals surface area contributed by atoms with Gasteiger partial charge in [-0.05, 0) is 31.0 Å². The zero-order chi connectivity index (χ0) is 11.9. The Morgan fingerprint density at radius 1 is 1.31 bits per heavy atom. The minimum absolute atomic E-state index is 0.0118. The molecule has 16 heavy (non-hydrogen) atoms. The predicted octanol–water partition coefficient (Wildman–Crippen LogP) is 0.645. The number of imide groups is 1. The predicted molar refractivity (Wildman–Crippen MR) is 54.3 cm³/mol. The van der Waals surface area contributed by atoms with Crippen LogP contribution >= 0.6 is 0 Å². The second kappa shape index (κ2) is 3.44. The fraction of sp³-hybridized carbons (Fsp3) is 0.0909. The summed E-state index contributed by atoms with van der Waals surface area (Å²) in [5, 5.41) is 11.0. The number of hydrogen-bond acceptors (Lipinski definition) is 3. The molecule has 2 N–H and O–H groups in total. The van der Waals surface area contributed by atoms with Crippen LogP contribution in [0.2, 0.25) is 0 Å². The number of carbonyl (C=O) groups is 3. The van der Waals surface area contributed by atoms with Crippen LogP contribution in [0.5, 0.6) is 0 Å². The highest BCUT2D eigenvalue weighted by molar-refractivity contribution is 6.22. The number of fused-ring (bicyclic) bond motifs is 1. The van der Waals surface area contributed by atoms with E-state index in [1.165, 1.54) is 12.1 Å². The molecule has 2 amide bonds. The normalized spacial score (nSPS) is 13.6. The van der Waals surface area contributed by atoms with Gasteiger partial charge in [0.15, 0.2) is 0 Å². The number of hydrogen-bond donors (Lipinski definition) is 2. The van der Waals surface area contributed by atoms with Crippen molar-refractivity contribution >= 4 is 17.8 Å². The highest BCUT2D eigenvalue weighted by Crippen LogP contribution is 2.22. The van der Waals surface area contributed by atoms with Crippen molar-refractivity contribution < 1.29 is 19.5 Å². The molecule has 81 valence electrons. The first-order valence-corrected chi connectivity index (χ1v) is 4.59. The molecule has 0 bridgehead atoms. The Morgan fingerprint density at radius 3 is 2.56 bits per heavy atom. The van der Waals surface area contributed by atoms with E-state index in [1.54, 1.807) is 0 Å². The number of carboxylic acid groups (broad SMARTS) is 1. The van der Waals surface area contributed by atoms with Crippen LogP contribution in [0.15, 0.2) is 12.1 Å². The third-order valence-electron chi connectivity index (χ3n) is 2.44. The van der Waals surface area contributed by atoms with E-state index < -0.39 is 17.8 Å². The van der Waals surface area contributed by atoms with E-state index in [1.807, 2.05) is 0 Å². The molecule has 5 heteroatoms. The standard InChI is InChI=1S/C11H8NO4/c1-2-5-3-6(11(15)16)4-7-8(5)10(14)12-9(7)13/h3-4H,1-2H2,(H,15,16)(H,12,13,14). The zero-order valence-electron chi connectivity index (χ0n) is 8.24. The molecule has 5 nitrogen and oxygen atoms in total. The van der Waals surface area contributed by atoms with Gasteiger partial charge in [0.05, 0.1) is 16.7 Å². The van der Waals surface area contributed by atoms with Crippen LogP contribution in [0, 0.1) is 6.92 Å². The van der Waals surface area contributed by atoms with Gasteiger partial charge >= 0.3 is 5.97 Å². The Kier molecular flexibility index (Phi) is 2.23. The lowest BCUT2D eigenvalue weighted by Crippen LogP contribution is -2.20. The molecular weight excluding hydrogens is 210 g/mol. The first-order valence-electron chi connectivity index (χ1n) is 4.59. The molecule has 1 aliphatic heterocycles. The summed E-state index contributed by atoms with van der Waals surface area (Å²) < 4.78 is 0. The molecule has 0 spiro atoms. The molecule has 0 fully saturated rings. The smallest absolute Gasteiger partial charge is 0.335 e. The van der Waals surface area contributed by atoms with Gasteiger partial charge < -0.3 is 5.11 Å². The van der Waals surface area contributed by atoms with Gasteiger partial charge in [0.25, 0.3) is 11.8 Å². The molecule has 0 unspecified atom stereocenters. The third kappa shape index (κ3) is 1.37. The van der Waals surface area contributed by atoms with Crippen molar-refractivity contribution in [3.8, 4) is 0 Å².